The van der Waals surface area contributed by atoms with Gasteiger partial charge in [0, 0.05) is 36.8 Å². The number of benzene rings is 1. The largest absolute Gasteiger partial charge is 0.338 e. The summed E-state index contributed by atoms with van der Waals surface area (Å²) in [7, 11) is 0. The zero-order valence-corrected chi connectivity index (χ0v) is 19.0. The highest BCUT2D eigenvalue weighted by Crippen LogP contribution is 2.32. The number of hydrogen-bond acceptors (Lipinski definition) is 5. The number of likely N-dealkylation sites (tertiary alicyclic amines) is 1. The number of piperidine rings is 1. The number of rotatable bonds is 3. The van der Waals surface area contributed by atoms with Crippen LogP contribution < -0.4 is 0 Å². The lowest BCUT2D eigenvalue weighted by Crippen LogP contribution is -2.41. The van der Waals surface area contributed by atoms with Gasteiger partial charge in [-0.25, -0.2) is 0 Å². The van der Waals surface area contributed by atoms with Gasteiger partial charge in [-0.05, 0) is 56.0 Å². The van der Waals surface area contributed by atoms with Crippen LogP contribution in [0.3, 0.4) is 0 Å². The number of amides is 3. The van der Waals surface area contributed by atoms with Crippen molar-refractivity contribution in [1.82, 2.24) is 24.4 Å². The normalized spacial score (nSPS) is 21.4. The summed E-state index contributed by atoms with van der Waals surface area (Å²) in [5, 5.41) is 8.65. The minimum Gasteiger partial charge on any atom is -0.338 e. The third kappa shape index (κ3) is 3.40. The van der Waals surface area contributed by atoms with E-state index >= 15 is 0 Å². The summed E-state index contributed by atoms with van der Waals surface area (Å²) in [6.45, 7) is 1.21. The Kier molecular flexibility index (Phi) is 5.16. The third-order valence-corrected chi connectivity index (χ3v) is 7.52. The number of pyridine rings is 1. The minimum absolute atomic E-state index is 0.0267. The number of aromatic nitrogens is 3. The molecule has 0 radical (unpaired) electrons. The SMILES string of the molecule is O=C(c1ccc2c(c1)C(=O)N(C1CCCCC1)C2=O)N1CCCC(c2nnc3ccccn23)C1. The highest BCUT2D eigenvalue weighted by atomic mass is 16.2. The van der Waals surface area contributed by atoms with Crippen LogP contribution in [0.1, 0.15) is 87.8 Å². The van der Waals surface area contributed by atoms with Crippen molar-refractivity contribution < 1.29 is 14.4 Å². The molecule has 1 aliphatic carbocycles. The third-order valence-electron chi connectivity index (χ3n) is 7.52. The van der Waals surface area contributed by atoms with Gasteiger partial charge in [0.15, 0.2) is 5.65 Å². The van der Waals surface area contributed by atoms with Gasteiger partial charge in [0.2, 0.25) is 0 Å². The second-order valence-electron chi connectivity index (χ2n) is 9.61. The van der Waals surface area contributed by atoms with E-state index in [1.807, 2.05) is 33.7 Å². The molecule has 2 aliphatic heterocycles. The molecule has 1 saturated heterocycles. The standard InChI is InChI=1S/C26H27N5O3/c32-24(29-13-6-7-18(16-29)23-28-27-22-10-4-5-14-30(22)23)17-11-12-20-21(15-17)26(34)31(25(20)33)19-8-2-1-3-9-19/h4-5,10-12,14-15,18-19H,1-3,6-9,13,16H2. The van der Waals surface area contributed by atoms with Crippen LogP contribution in [0.5, 0.6) is 0 Å². The van der Waals surface area contributed by atoms with Crippen molar-refractivity contribution in [1.29, 1.82) is 0 Å². The molecule has 4 heterocycles. The monoisotopic (exact) mass is 457 g/mol. The van der Waals surface area contributed by atoms with Crippen LogP contribution in [-0.2, 0) is 0 Å². The first-order chi connectivity index (χ1) is 16.6. The molecule has 1 saturated carbocycles. The van der Waals surface area contributed by atoms with Crippen molar-refractivity contribution in [3.8, 4) is 0 Å². The molecule has 8 nitrogen and oxygen atoms in total. The van der Waals surface area contributed by atoms with Crippen LogP contribution in [0, 0.1) is 0 Å². The number of fused-ring (bicyclic) bond motifs is 2. The van der Waals surface area contributed by atoms with Crippen LogP contribution in [0.25, 0.3) is 5.65 Å². The average molecular weight is 458 g/mol. The van der Waals surface area contributed by atoms with E-state index in [-0.39, 0.29) is 29.7 Å². The topological polar surface area (TPSA) is 87.9 Å². The van der Waals surface area contributed by atoms with E-state index in [9.17, 15) is 14.4 Å². The Morgan fingerprint density at radius 2 is 1.71 bits per heavy atom. The maximum absolute atomic E-state index is 13.4. The Labute approximate surface area is 197 Å². The second kappa shape index (κ2) is 8.34. The van der Waals surface area contributed by atoms with Gasteiger partial charge in [0.05, 0.1) is 11.1 Å². The minimum atomic E-state index is -0.256. The fourth-order valence-corrected chi connectivity index (χ4v) is 5.76. The number of nitrogens with zero attached hydrogens (tertiary/aromatic N) is 5. The zero-order chi connectivity index (χ0) is 23.2. The van der Waals surface area contributed by atoms with Gasteiger partial charge in [-0.15, -0.1) is 10.2 Å². The molecule has 0 bridgehead atoms. The summed E-state index contributed by atoms with van der Waals surface area (Å²) in [5.74, 6) is 0.369. The van der Waals surface area contributed by atoms with Gasteiger partial charge in [0.1, 0.15) is 5.82 Å². The van der Waals surface area contributed by atoms with E-state index in [2.05, 4.69) is 10.2 Å². The first-order valence-electron chi connectivity index (χ1n) is 12.2. The predicted molar refractivity (Wildman–Crippen MR) is 125 cm³/mol. The molecular weight excluding hydrogens is 430 g/mol. The lowest BCUT2D eigenvalue weighted by atomic mass is 9.94. The van der Waals surface area contributed by atoms with E-state index < -0.39 is 0 Å². The van der Waals surface area contributed by atoms with E-state index in [4.69, 9.17) is 0 Å². The van der Waals surface area contributed by atoms with Crippen LogP contribution in [0.2, 0.25) is 0 Å². The predicted octanol–water partition coefficient (Wildman–Crippen LogP) is 3.68. The fraction of sp³-hybridized carbons (Fsp3) is 0.423. The zero-order valence-electron chi connectivity index (χ0n) is 19.0. The molecule has 1 aromatic carbocycles. The molecule has 3 aliphatic rings. The Hall–Kier alpha value is -3.55. The average Bonchev–Trinajstić information content (AvgIpc) is 3.43. The van der Waals surface area contributed by atoms with Crippen LogP contribution in [-0.4, -0.2) is 61.3 Å². The summed E-state index contributed by atoms with van der Waals surface area (Å²) in [6.07, 6.45) is 8.72. The summed E-state index contributed by atoms with van der Waals surface area (Å²) in [4.78, 5) is 42.8. The molecule has 3 aromatic rings. The Balaban J connectivity index is 1.23. The van der Waals surface area contributed by atoms with Crippen molar-refractivity contribution in [3.05, 3.63) is 65.1 Å². The first kappa shape index (κ1) is 21.0. The van der Waals surface area contributed by atoms with Gasteiger partial charge in [-0.2, -0.15) is 0 Å². The smallest absolute Gasteiger partial charge is 0.261 e. The number of hydrogen-bond donors (Lipinski definition) is 0. The molecule has 2 fully saturated rings. The summed E-state index contributed by atoms with van der Waals surface area (Å²) in [6, 6.07) is 10.7. The van der Waals surface area contributed by atoms with Gasteiger partial charge >= 0.3 is 0 Å². The van der Waals surface area contributed by atoms with Crippen molar-refractivity contribution in [2.24, 2.45) is 0 Å². The van der Waals surface area contributed by atoms with Gasteiger partial charge < -0.3 is 4.90 Å². The molecule has 1 unspecified atom stereocenters. The molecular formula is C26H27N5O3. The maximum Gasteiger partial charge on any atom is 0.261 e. The van der Waals surface area contributed by atoms with E-state index in [1.165, 1.54) is 4.90 Å². The molecule has 34 heavy (non-hydrogen) atoms. The molecule has 174 valence electrons. The number of carbonyl (C=O) groups is 3. The highest BCUT2D eigenvalue weighted by Gasteiger charge is 2.41. The van der Waals surface area contributed by atoms with Crippen molar-refractivity contribution in [2.45, 2.75) is 56.9 Å². The summed E-state index contributed by atoms with van der Waals surface area (Å²) < 4.78 is 1.98. The van der Waals surface area contributed by atoms with Crippen LogP contribution >= 0.6 is 0 Å². The van der Waals surface area contributed by atoms with Crippen molar-refractivity contribution in [2.75, 3.05) is 13.1 Å². The molecule has 6 rings (SSSR count). The number of carbonyl (C=O) groups excluding carboxylic acids is 3. The summed E-state index contributed by atoms with van der Waals surface area (Å²) >= 11 is 0. The van der Waals surface area contributed by atoms with Gasteiger partial charge in [0.25, 0.3) is 17.7 Å². The second-order valence-corrected chi connectivity index (χ2v) is 9.61. The van der Waals surface area contributed by atoms with Crippen LogP contribution in [0.15, 0.2) is 42.6 Å². The molecule has 8 heteroatoms. The van der Waals surface area contributed by atoms with Crippen LogP contribution in [0.4, 0.5) is 0 Å². The fourth-order valence-electron chi connectivity index (χ4n) is 5.76. The molecule has 2 aromatic heterocycles. The maximum atomic E-state index is 13.4. The Morgan fingerprint density at radius 1 is 0.882 bits per heavy atom. The molecule has 0 N–H and O–H groups in total. The molecule has 3 amide bonds. The van der Waals surface area contributed by atoms with E-state index in [0.29, 0.717) is 29.8 Å². The lowest BCUT2D eigenvalue weighted by molar-refractivity contribution is 0.0548. The van der Waals surface area contributed by atoms with E-state index in [1.54, 1.807) is 18.2 Å². The number of imide groups is 1. The van der Waals surface area contributed by atoms with Gasteiger partial charge in [-0.1, -0.05) is 25.3 Å². The quantitative estimate of drug-likeness (QED) is 0.560. The Morgan fingerprint density at radius 3 is 2.56 bits per heavy atom. The van der Waals surface area contributed by atoms with Crippen molar-refractivity contribution >= 4 is 23.4 Å². The summed E-state index contributed by atoms with van der Waals surface area (Å²) in [5.41, 5.74) is 2.03. The lowest BCUT2D eigenvalue weighted by Gasteiger charge is -2.32. The highest BCUT2D eigenvalue weighted by molar-refractivity contribution is 6.22. The molecule has 0 spiro atoms. The molecule has 1 atom stereocenters. The van der Waals surface area contributed by atoms with Crippen molar-refractivity contribution in [3.63, 3.8) is 0 Å². The van der Waals surface area contributed by atoms with Gasteiger partial charge in [-0.3, -0.25) is 23.7 Å². The first-order valence-corrected chi connectivity index (χ1v) is 12.2. The Bertz CT molecular complexity index is 1290. The van der Waals surface area contributed by atoms with E-state index in [0.717, 1.165) is 56.4 Å².